The zero-order chi connectivity index (χ0) is 19.9. The van der Waals surface area contributed by atoms with Crippen molar-refractivity contribution in [3.05, 3.63) is 54.1 Å². The second kappa shape index (κ2) is 9.69. The molecule has 1 atom stereocenters. The molecule has 0 bridgehead atoms. The summed E-state index contributed by atoms with van der Waals surface area (Å²) in [6.07, 6.45) is 3.09. The predicted molar refractivity (Wildman–Crippen MR) is 106 cm³/mol. The molecule has 1 aliphatic heterocycles. The average molecular weight is 407 g/mol. The normalized spacial score (nSPS) is 16.5. The van der Waals surface area contributed by atoms with Crippen LogP contribution in [0.2, 0.25) is 0 Å². The molecule has 1 fully saturated rings. The molecule has 1 unspecified atom stereocenters. The molecule has 10 heteroatoms. The van der Waals surface area contributed by atoms with Gasteiger partial charge in [-0.1, -0.05) is 12.1 Å². The molecule has 1 saturated heterocycles. The topological polar surface area (TPSA) is 97.8 Å². The Kier molecular flexibility index (Phi) is 7.04. The van der Waals surface area contributed by atoms with E-state index < -0.39 is 22.9 Å². The number of hydrogen-bond acceptors (Lipinski definition) is 5. The Labute approximate surface area is 165 Å². The Morgan fingerprint density at radius 2 is 1.89 bits per heavy atom. The number of pyridine rings is 1. The van der Waals surface area contributed by atoms with Crippen molar-refractivity contribution >= 4 is 28.5 Å². The predicted octanol–water partition coefficient (Wildman–Crippen LogP) is 2.16. The third-order valence-corrected chi connectivity index (χ3v) is 4.98. The van der Waals surface area contributed by atoms with Gasteiger partial charge in [-0.25, -0.2) is 13.4 Å². The van der Waals surface area contributed by atoms with Gasteiger partial charge in [0.2, 0.25) is 0 Å². The van der Waals surface area contributed by atoms with Gasteiger partial charge in [0.25, 0.3) is 0 Å². The largest absolute Gasteiger partial charge is 0.323 e. The van der Waals surface area contributed by atoms with Crippen LogP contribution < -0.4 is 10.6 Å². The van der Waals surface area contributed by atoms with Crippen LogP contribution >= 0.6 is 0 Å². The van der Waals surface area contributed by atoms with Gasteiger partial charge in [0.05, 0.1) is 17.6 Å². The summed E-state index contributed by atoms with van der Waals surface area (Å²) in [6.45, 7) is 3.06. The van der Waals surface area contributed by atoms with E-state index in [4.69, 9.17) is 4.55 Å². The fourth-order valence-electron chi connectivity index (χ4n) is 2.99. The third-order valence-electron chi connectivity index (χ3n) is 4.40. The minimum absolute atomic E-state index is 0.105. The molecule has 2 heterocycles. The minimum Gasteiger partial charge on any atom is -0.306 e. The molecule has 0 saturated carbocycles. The summed E-state index contributed by atoms with van der Waals surface area (Å²) in [5, 5.41) is 5.12. The van der Waals surface area contributed by atoms with Crippen LogP contribution in [0.5, 0.6) is 0 Å². The van der Waals surface area contributed by atoms with Crippen LogP contribution in [0.1, 0.15) is 5.56 Å². The van der Waals surface area contributed by atoms with E-state index in [0.29, 0.717) is 44.0 Å². The number of aromatic nitrogens is 1. The second-order valence-corrected chi connectivity index (χ2v) is 7.35. The average Bonchev–Trinajstić information content (AvgIpc) is 2.67. The van der Waals surface area contributed by atoms with Gasteiger partial charge in [-0.3, -0.25) is 14.8 Å². The van der Waals surface area contributed by atoms with Gasteiger partial charge in [0, 0.05) is 44.5 Å². The number of nitrogens with one attached hydrogen (secondary N) is 2. The van der Waals surface area contributed by atoms with Crippen molar-refractivity contribution in [2.75, 3.05) is 42.7 Å². The van der Waals surface area contributed by atoms with E-state index in [2.05, 4.69) is 20.5 Å². The summed E-state index contributed by atoms with van der Waals surface area (Å²) < 4.78 is 34.7. The maximum atomic E-state index is 14.8. The number of nitrogens with zero attached hydrogens (tertiary/aromatic N) is 3. The number of piperazine rings is 1. The summed E-state index contributed by atoms with van der Waals surface area (Å²) >= 11 is -1.84. The molecule has 0 spiro atoms. The van der Waals surface area contributed by atoms with Crippen molar-refractivity contribution < 1.29 is 17.9 Å². The molecule has 3 rings (SSSR count). The van der Waals surface area contributed by atoms with Crippen LogP contribution in [0.3, 0.4) is 0 Å². The number of anilines is 2. The van der Waals surface area contributed by atoms with Crippen LogP contribution in [-0.2, 0) is 17.6 Å². The molecular formula is C18H22FN5O3S. The number of urea groups is 1. The highest BCUT2D eigenvalue weighted by atomic mass is 32.2. The number of amides is 2. The van der Waals surface area contributed by atoms with Gasteiger partial charge in [-0.05, 0) is 18.2 Å². The number of halogens is 1. The zero-order valence-corrected chi connectivity index (χ0v) is 16.0. The lowest BCUT2D eigenvalue weighted by Crippen LogP contribution is -2.46. The lowest BCUT2D eigenvalue weighted by Gasteiger charge is -2.33. The Morgan fingerprint density at radius 3 is 2.57 bits per heavy atom. The van der Waals surface area contributed by atoms with E-state index in [1.165, 1.54) is 12.3 Å². The van der Waals surface area contributed by atoms with Crippen molar-refractivity contribution in [3.8, 4) is 0 Å². The van der Waals surface area contributed by atoms with Crippen LogP contribution in [0.25, 0.3) is 0 Å². The summed E-state index contributed by atoms with van der Waals surface area (Å²) in [5.41, 5.74) is 1.10. The molecular weight excluding hydrogens is 385 g/mol. The lowest BCUT2D eigenvalue weighted by atomic mass is 10.1. The smallest absolute Gasteiger partial charge is 0.306 e. The van der Waals surface area contributed by atoms with E-state index >= 15 is 0 Å². The number of carbonyl (C=O) groups is 1. The third kappa shape index (κ3) is 5.80. The molecule has 0 aliphatic carbocycles. The Balaban J connectivity index is 1.57. The van der Waals surface area contributed by atoms with Gasteiger partial charge in [0.1, 0.15) is 5.88 Å². The highest BCUT2D eigenvalue weighted by molar-refractivity contribution is 7.79. The molecule has 2 aromatic rings. The summed E-state index contributed by atoms with van der Waals surface area (Å²) in [7, 11) is 0. The monoisotopic (exact) mass is 407 g/mol. The van der Waals surface area contributed by atoms with Crippen LogP contribution in [0.15, 0.2) is 42.7 Å². The van der Waals surface area contributed by atoms with Gasteiger partial charge in [-0.15, -0.1) is 0 Å². The van der Waals surface area contributed by atoms with Crippen LogP contribution in [0, 0.1) is 5.82 Å². The quantitative estimate of drug-likeness (QED) is 0.635. The lowest BCUT2D eigenvalue weighted by molar-refractivity contribution is 0.140. The SMILES string of the molecule is O=C(Nc1cccnc1)Nc1cccc(CN2CCN(CS(=O)O)CC2)c1F. The van der Waals surface area contributed by atoms with Crippen molar-refractivity contribution in [1.82, 2.24) is 14.8 Å². The molecule has 1 aliphatic rings. The first-order valence-electron chi connectivity index (χ1n) is 8.79. The maximum absolute atomic E-state index is 14.8. The summed E-state index contributed by atoms with van der Waals surface area (Å²) in [6, 6.07) is 7.73. The van der Waals surface area contributed by atoms with E-state index in [1.54, 1.807) is 30.5 Å². The van der Waals surface area contributed by atoms with Crippen molar-refractivity contribution in [1.29, 1.82) is 0 Å². The maximum Gasteiger partial charge on any atom is 0.323 e. The number of hydrogen-bond donors (Lipinski definition) is 3. The fraction of sp³-hybridized carbons (Fsp3) is 0.333. The molecule has 28 heavy (non-hydrogen) atoms. The van der Waals surface area contributed by atoms with Crippen LogP contribution in [-0.4, -0.2) is 61.6 Å². The number of benzene rings is 1. The fourth-order valence-corrected chi connectivity index (χ4v) is 3.56. The Bertz CT molecular complexity index is 831. The van der Waals surface area contributed by atoms with E-state index in [1.807, 2.05) is 4.90 Å². The summed E-state index contributed by atoms with van der Waals surface area (Å²) in [4.78, 5) is 20.0. The van der Waals surface area contributed by atoms with Gasteiger partial charge in [-0.2, -0.15) is 0 Å². The standard InChI is InChI=1S/C18H22FN5O3S/c19-17-14(12-23-7-9-24(10-8-23)13-28(26)27)3-1-5-16(17)22-18(25)21-15-4-2-6-20-11-15/h1-6,11H,7-10,12-13H2,(H,26,27)(H2,21,22,25). The molecule has 8 nitrogen and oxygen atoms in total. The molecule has 1 aromatic heterocycles. The number of rotatable bonds is 6. The van der Waals surface area contributed by atoms with E-state index in [9.17, 15) is 13.4 Å². The molecule has 2 amide bonds. The van der Waals surface area contributed by atoms with E-state index in [0.717, 1.165) is 0 Å². The minimum atomic E-state index is -1.84. The first-order chi connectivity index (χ1) is 13.5. The second-order valence-electron chi connectivity index (χ2n) is 6.44. The van der Waals surface area contributed by atoms with Gasteiger partial charge >= 0.3 is 6.03 Å². The molecule has 1 aromatic carbocycles. The molecule has 0 radical (unpaired) electrons. The first-order valence-corrected chi connectivity index (χ1v) is 10.1. The zero-order valence-electron chi connectivity index (χ0n) is 15.2. The van der Waals surface area contributed by atoms with Crippen LogP contribution in [0.4, 0.5) is 20.6 Å². The van der Waals surface area contributed by atoms with Gasteiger partial charge < -0.3 is 15.2 Å². The molecule has 3 N–H and O–H groups in total. The molecule has 150 valence electrons. The number of carbonyl (C=O) groups excluding carboxylic acids is 1. The highest BCUT2D eigenvalue weighted by Crippen LogP contribution is 2.20. The summed E-state index contributed by atoms with van der Waals surface area (Å²) in [5.74, 6) is -0.337. The Hall–Kier alpha value is -2.40. The van der Waals surface area contributed by atoms with Gasteiger partial charge in [0.15, 0.2) is 16.9 Å². The van der Waals surface area contributed by atoms with E-state index in [-0.39, 0.29) is 11.6 Å². The highest BCUT2D eigenvalue weighted by Gasteiger charge is 2.20. The van der Waals surface area contributed by atoms with Crippen molar-refractivity contribution in [2.45, 2.75) is 6.54 Å². The Morgan fingerprint density at radius 1 is 1.14 bits per heavy atom. The van der Waals surface area contributed by atoms with Crippen molar-refractivity contribution in [2.24, 2.45) is 0 Å². The first kappa shape index (κ1) is 20.3. The van der Waals surface area contributed by atoms with Crippen molar-refractivity contribution in [3.63, 3.8) is 0 Å².